The zero-order valence-corrected chi connectivity index (χ0v) is 23.4. The summed E-state index contributed by atoms with van der Waals surface area (Å²) in [6, 6.07) is 22.7. The van der Waals surface area contributed by atoms with Crippen molar-refractivity contribution in [3.63, 3.8) is 0 Å². The number of nitrogens with two attached hydrogens (primary N) is 1. The minimum Gasteiger partial charge on any atom is -0.382 e. The fourth-order valence-corrected chi connectivity index (χ4v) is 5.59. The first-order chi connectivity index (χ1) is 19.5. The van der Waals surface area contributed by atoms with Gasteiger partial charge in [-0.15, -0.1) is 0 Å². The number of carbonyl (C=O) groups excluding carboxylic acids is 2. The summed E-state index contributed by atoms with van der Waals surface area (Å²) in [5.74, 6) is -0.214. The molecule has 2 atom stereocenters. The van der Waals surface area contributed by atoms with Crippen molar-refractivity contribution in [1.29, 1.82) is 0 Å². The van der Waals surface area contributed by atoms with E-state index < -0.39 is 6.04 Å². The van der Waals surface area contributed by atoms with Gasteiger partial charge in [-0.05, 0) is 47.4 Å². The van der Waals surface area contributed by atoms with Crippen LogP contribution in [0.5, 0.6) is 0 Å². The average molecular weight is 561 g/mol. The lowest BCUT2D eigenvalue weighted by molar-refractivity contribution is -0.137. The van der Waals surface area contributed by atoms with Gasteiger partial charge in [0.15, 0.2) is 0 Å². The monoisotopic (exact) mass is 560 g/mol. The Morgan fingerprint density at radius 1 is 0.950 bits per heavy atom. The maximum Gasteiger partial charge on any atom is 0.245 e. The number of hydrogen-bond donors (Lipinski definition) is 4. The highest BCUT2D eigenvalue weighted by Gasteiger charge is 2.32. The van der Waals surface area contributed by atoms with Crippen LogP contribution in [0, 0.1) is 0 Å². The lowest BCUT2D eigenvalue weighted by atomic mass is 9.95. The number of nitrogens with zero attached hydrogens (tertiary/aromatic N) is 2. The highest BCUT2D eigenvalue weighted by atomic mass is 35.5. The second-order valence-corrected chi connectivity index (χ2v) is 10.8. The summed E-state index contributed by atoms with van der Waals surface area (Å²) >= 11 is 6.09. The van der Waals surface area contributed by atoms with E-state index in [4.69, 9.17) is 17.3 Å². The number of piperazine rings is 1. The van der Waals surface area contributed by atoms with Gasteiger partial charge in [0.1, 0.15) is 6.04 Å². The third-order valence-corrected chi connectivity index (χ3v) is 7.91. The molecule has 1 fully saturated rings. The zero-order chi connectivity index (χ0) is 27.9. The van der Waals surface area contributed by atoms with Crippen LogP contribution in [-0.2, 0) is 29.0 Å². The molecule has 1 saturated heterocycles. The standard InChI is InChI=1S/C31H37ClN6O2/c32-25-11-9-22(10-12-25)19-28(36-30(39)27-20-23-5-1-2-6-24(23)21-35-27)31(40)38-17-15-37(16-18-38)29-8-4-3-7-26(29)34-14-13-33/h1-12,27-28,34-35H,13-21,33H2,(H,36,39). The summed E-state index contributed by atoms with van der Waals surface area (Å²) in [4.78, 5) is 31.4. The number of benzene rings is 3. The van der Waals surface area contributed by atoms with Crippen molar-refractivity contribution in [3.05, 3.63) is 94.5 Å². The lowest BCUT2D eigenvalue weighted by Crippen LogP contribution is -2.58. The minimum absolute atomic E-state index is 0.0614. The molecular formula is C31H37ClN6O2. The van der Waals surface area contributed by atoms with Crippen molar-refractivity contribution in [2.24, 2.45) is 5.73 Å². The average Bonchev–Trinajstić information content (AvgIpc) is 3.00. The Morgan fingerprint density at radius 3 is 2.40 bits per heavy atom. The number of fused-ring (bicyclic) bond motifs is 1. The van der Waals surface area contributed by atoms with Crippen LogP contribution in [0.3, 0.4) is 0 Å². The molecule has 5 rings (SSSR count). The lowest BCUT2D eigenvalue weighted by Gasteiger charge is -2.38. The van der Waals surface area contributed by atoms with E-state index in [9.17, 15) is 9.59 Å². The van der Waals surface area contributed by atoms with Crippen molar-refractivity contribution < 1.29 is 9.59 Å². The van der Waals surface area contributed by atoms with E-state index in [0.717, 1.165) is 16.9 Å². The van der Waals surface area contributed by atoms with Crippen LogP contribution in [0.2, 0.25) is 5.02 Å². The van der Waals surface area contributed by atoms with E-state index in [0.29, 0.717) is 63.7 Å². The Balaban J connectivity index is 1.27. The summed E-state index contributed by atoms with van der Waals surface area (Å²) in [5.41, 5.74) is 11.2. The summed E-state index contributed by atoms with van der Waals surface area (Å²) < 4.78 is 0. The Labute approximate surface area is 240 Å². The Bertz CT molecular complexity index is 1310. The summed E-state index contributed by atoms with van der Waals surface area (Å²) in [5, 5.41) is 10.5. The van der Waals surface area contributed by atoms with E-state index in [1.807, 2.05) is 53.4 Å². The molecule has 2 aliphatic rings. The number of nitrogens with one attached hydrogen (secondary N) is 3. The Morgan fingerprint density at radius 2 is 1.65 bits per heavy atom. The van der Waals surface area contributed by atoms with Crippen molar-refractivity contribution in [3.8, 4) is 0 Å². The van der Waals surface area contributed by atoms with E-state index in [1.165, 1.54) is 11.1 Å². The van der Waals surface area contributed by atoms with E-state index >= 15 is 0 Å². The molecule has 2 unspecified atom stereocenters. The fraction of sp³-hybridized carbons (Fsp3) is 0.355. The summed E-state index contributed by atoms with van der Waals surface area (Å²) in [6.07, 6.45) is 0.997. The van der Waals surface area contributed by atoms with Gasteiger partial charge in [0.05, 0.1) is 17.4 Å². The van der Waals surface area contributed by atoms with Crippen molar-refractivity contribution in [2.45, 2.75) is 31.5 Å². The maximum absolute atomic E-state index is 13.9. The quantitative estimate of drug-likeness (QED) is 0.321. The van der Waals surface area contributed by atoms with Gasteiger partial charge in [0.25, 0.3) is 0 Å². The first kappa shape index (κ1) is 28.0. The second-order valence-electron chi connectivity index (χ2n) is 10.3. The van der Waals surface area contributed by atoms with Gasteiger partial charge in [0.2, 0.25) is 11.8 Å². The van der Waals surface area contributed by atoms with Gasteiger partial charge in [-0.3, -0.25) is 9.59 Å². The molecule has 3 aromatic rings. The molecule has 0 saturated carbocycles. The minimum atomic E-state index is -0.669. The smallest absolute Gasteiger partial charge is 0.245 e. The normalized spacial score (nSPS) is 17.6. The molecule has 3 aromatic carbocycles. The largest absolute Gasteiger partial charge is 0.382 e. The molecule has 0 aromatic heterocycles. The molecule has 210 valence electrons. The van der Waals surface area contributed by atoms with Crippen LogP contribution < -0.4 is 26.6 Å². The van der Waals surface area contributed by atoms with Crippen molar-refractivity contribution in [2.75, 3.05) is 49.5 Å². The van der Waals surface area contributed by atoms with Crippen LogP contribution in [0.25, 0.3) is 0 Å². The third-order valence-electron chi connectivity index (χ3n) is 7.66. The number of anilines is 2. The summed E-state index contributed by atoms with van der Waals surface area (Å²) in [7, 11) is 0. The van der Waals surface area contributed by atoms with Crippen LogP contribution in [-0.4, -0.2) is 68.1 Å². The molecule has 2 amide bonds. The fourth-order valence-electron chi connectivity index (χ4n) is 5.46. The van der Waals surface area contributed by atoms with Gasteiger partial charge >= 0.3 is 0 Å². The van der Waals surface area contributed by atoms with Crippen molar-refractivity contribution >= 4 is 34.8 Å². The van der Waals surface area contributed by atoms with Crippen LogP contribution in [0.1, 0.15) is 16.7 Å². The van der Waals surface area contributed by atoms with Gasteiger partial charge < -0.3 is 31.5 Å². The molecule has 0 spiro atoms. The predicted octanol–water partition coefficient (Wildman–Crippen LogP) is 2.80. The first-order valence-corrected chi connectivity index (χ1v) is 14.3. The molecule has 2 heterocycles. The topological polar surface area (TPSA) is 103 Å². The third kappa shape index (κ3) is 6.75. The Kier molecular flexibility index (Phi) is 9.21. The molecule has 5 N–H and O–H groups in total. The number of amides is 2. The van der Waals surface area contributed by atoms with E-state index in [1.54, 1.807) is 0 Å². The SMILES string of the molecule is NCCNc1ccccc1N1CCN(C(=O)C(Cc2ccc(Cl)cc2)NC(=O)C2Cc3ccccc3CN2)CC1. The maximum atomic E-state index is 13.9. The number of rotatable bonds is 9. The van der Waals surface area contributed by atoms with Gasteiger partial charge in [-0.2, -0.15) is 0 Å². The van der Waals surface area contributed by atoms with Gasteiger partial charge in [-0.25, -0.2) is 0 Å². The highest BCUT2D eigenvalue weighted by Crippen LogP contribution is 2.27. The molecule has 0 bridgehead atoms. The van der Waals surface area contributed by atoms with E-state index in [-0.39, 0.29) is 17.9 Å². The van der Waals surface area contributed by atoms with Crippen LogP contribution in [0.15, 0.2) is 72.8 Å². The van der Waals surface area contributed by atoms with Gasteiger partial charge in [0, 0.05) is 57.3 Å². The molecule has 8 nitrogen and oxygen atoms in total. The van der Waals surface area contributed by atoms with Crippen LogP contribution >= 0.6 is 11.6 Å². The van der Waals surface area contributed by atoms with E-state index in [2.05, 4.69) is 45.1 Å². The predicted molar refractivity (Wildman–Crippen MR) is 161 cm³/mol. The van der Waals surface area contributed by atoms with Crippen LogP contribution in [0.4, 0.5) is 11.4 Å². The molecule has 9 heteroatoms. The second kappa shape index (κ2) is 13.2. The zero-order valence-electron chi connectivity index (χ0n) is 22.6. The summed E-state index contributed by atoms with van der Waals surface area (Å²) in [6.45, 7) is 4.44. The molecule has 0 aliphatic carbocycles. The number of hydrogen-bond acceptors (Lipinski definition) is 6. The number of carbonyl (C=O) groups is 2. The molecular weight excluding hydrogens is 524 g/mol. The first-order valence-electron chi connectivity index (χ1n) is 13.9. The number of para-hydroxylation sites is 2. The van der Waals surface area contributed by atoms with Crippen molar-refractivity contribution in [1.82, 2.24) is 15.5 Å². The molecule has 2 aliphatic heterocycles. The Hall–Kier alpha value is -3.59. The van der Waals surface area contributed by atoms with Gasteiger partial charge in [-0.1, -0.05) is 60.1 Å². The molecule has 0 radical (unpaired) electrons. The highest BCUT2D eigenvalue weighted by molar-refractivity contribution is 6.30. The molecule has 40 heavy (non-hydrogen) atoms. The number of halogens is 1.